The van der Waals surface area contributed by atoms with Crippen LogP contribution < -0.4 is 0 Å². The van der Waals surface area contributed by atoms with E-state index in [0.29, 0.717) is 0 Å². The van der Waals surface area contributed by atoms with Crippen LogP contribution >= 0.6 is 11.3 Å². The van der Waals surface area contributed by atoms with Gasteiger partial charge in [-0.15, -0.1) is 11.3 Å². The summed E-state index contributed by atoms with van der Waals surface area (Å²) in [6.45, 7) is 3.96. The standard InChI is InChI=1S/C12H14OS/c1-8-4-3-5-12-11(8)7-10(14-12)6-9(2)13/h3-5,7,9,13H,6H2,1-2H3. The van der Waals surface area contributed by atoms with Gasteiger partial charge in [0, 0.05) is 16.0 Å². The first-order chi connectivity index (χ1) is 6.66. The Morgan fingerprint density at radius 1 is 1.43 bits per heavy atom. The molecule has 1 aromatic carbocycles. The summed E-state index contributed by atoms with van der Waals surface area (Å²) < 4.78 is 1.32. The Labute approximate surface area is 88.0 Å². The van der Waals surface area contributed by atoms with Gasteiger partial charge in [0.05, 0.1) is 6.10 Å². The van der Waals surface area contributed by atoms with Gasteiger partial charge in [0.1, 0.15) is 0 Å². The SMILES string of the molecule is Cc1cccc2sc(CC(C)O)cc12. The monoisotopic (exact) mass is 206 g/mol. The van der Waals surface area contributed by atoms with E-state index in [2.05, 4.69) is 31.2 Å². The first-order valence-electron chi connectivity index (χ1n) is 4.83. The minimum absolute atomic E-state index is 0.247. The lowest BCUT2D eigenvalue weighted by atomic mass is 10.1. The lowest BCUT2D eigenvalue weighted by Gasteiger charge is -1.98. The number of aliphatic hydroxyl groups is 1. The van der Waals surface area contributed by atoms with Crippen LogP contribution in [0.5, 0.6) is 0 Å². The summed E-state index contributed by atoms with van der Waals surface area (Å²) in [4.78, 5) is 1.27. The largest absolute Gasteiger partial charge is 0.393 e. The van der Waals surface area contributed by atoms with Gasteiger partial charge in [0.2, 0.25) is 0 Å². The van der Waals surface area contributed by atoms with Gasteiger partial charge in [-0.25, -0.2) is 0 Å². The number of thiophene rings is 1. The Morgan fingerprint density at radius 2 is 2.21 bits per heavy atom. The van der Waals surface area contributed by atoms with Crippen molar-refractivity contribution >= 4 is 21.4 Å². The van der Waals surface area contributed by atoms with Gasteiger partial charge in [-0.3, -0.25) is 0 Å². The highest BCUT2D eigenvalue weighted by molar-refractivity contribution is 7.19. The molecule has 0 saturated carbocycles. The fourth-order valence-corrected chi connectivity index (χ4v) is 2.91. The maximum atomic E-state index is 9.31. The number of hydrogen-bond donors (Lipinski definition) is 1. The highest BCUT2D eigenvalue weighted by Crippen LogP contribution is 2.28. The Hall–Kier alpha value is -0.860. The van der Waals surface area contributed by atoms with Crippen LogP contribution in [-0.2, 0) is 6.42 Å². The third kappa shape index (κ3) is 1.81. The van der Waals surface area contributed by atoms with E-state index in [1.807, 2.05) is 6.92 Å². The Morgan fingerprint density at radius 3 is 2.86 bits per heavy atom. The van der Waals surface area contributed by atoms with Gasteiger partial charge in [-0.05, 0) is 36.9 Å². The molecule has 1 aromatic heterocycles. The van der Waals surface area contributed by atoms with Gasteiger partial charge < -0.3 is 5.11 Å². The van der Waals surface area contributed by atoms with Crippen molar-refractivity contribution in [3.8, 4) is 0 Å². The first-order valence-corrected chi connectivity index (χ1v) is 5.64. The van der Waals surface area contributed by atoms with Gasteiger partial charge >= 0.3 is 0 Å². The topological polar surface area (TPSA) is 20.2 Å². The summed E-state index contributed by atoms with van der Waals surface area (Å²) in [6.07, 6.45) is 0.516. The molecule has 14 heavy (non-hydrogen) atoms. The van der Waals surface area contributed by atoms with Crippen LogP contribution in [0.15, 0.2) is 24.3 Å². The molecule has 0 spiro atoms. The zero-order valence-electron chi connectivity index (χ0n) is 8.45. The number of aliphatic hydroxyl groups excluding tert-OH is 1. The fraction of sp³-hybridized carbons (Fsp3) is 0.333. The molecule has 0 amide bonds. The molecule has 2 aromatic rings. The summed E-state index contributed by atoms with van der Waals surface area (Å²) in [6, 6.07) is 8.54. The van der Waals surface area contributed by atoms with Crippen LogP contribution in [0, 0.1) is 6.92 Å². The molecule has 1 unspecified atom stereocenters. The zero-order valence-corrected chi connectivity index (χ0v) is 9.27. The van der Waals surface area contributed by atoms with Gasteiger partial charge in [-0.2, -0.15) is 0 Å². The Bertz CT molecular complexity index is 443. The molecule has 1 N–H and O–H groups in total. The van der Waals surface area contributed by atoms with Gasteiger partial charge in [-0.1, -0.05) is 12.1 Å². The molecule has 0 radical (unpaired) electrons. The highest BCUT2D eigenvalue weighted by atomic mass is 32.1. The van der Waals surface area contributed by atoms with E-state index in [1.165, 1.54) is 20.5 Å². The zero-order chi connectivity index (χ0) is 10.1. The molecule has 74 valence electrons. The van der Waals surface area contributed by atoms with E-state index >= 15 is 0 Å². The third-order valence-electron chi connectivity index (χ3n) is 2.33. The number of fused-ring (bicyclic) bond motifs is 1. The van der Waals surface area contributed by atoms with Crippen molar-refractivity contribution in [2.75, 3.05) is 0 Å². The predicted molar refractivity (Wildman–Crippen MR) is 61.9 cm³/mol. The maximum Gasteiger partial charge on any atom is 0.0560 e. The molecule has 0 bridgehead atoms. The fourth-order valence-electron chi connectivity index (χ4n) is 1.65. The highest BCUT2D eigenvalue weighted by Gasteiger charge is 2.05. The molecule has 0 fully saturated rings. The Balaban J connectivity index is 2.46. The molecular weight excluding hydrogens is 192 g/mol. The van der Waals surface area contributed by atoms with Crippen molar-refractivity contribution in [3.05, 3.63) is 34.7 Å². The Kier molecular flexibility index (Phi) is 2.57. The minimum Gasteiger partial charge on any atom is -0.393 e. The first kappa shape index (κ1) is 9.69. The predicted octanol–water partition coefficient (Wildman–Crippen LogP) is 3.13. The van der Waals surface area contributed by atoms with Crippen LogP contribution in [-0.4, -0.2) is 11.2 Å². The number of rotatable bonds is 2. The third-order valence-corrected chi connectivity index (χ3v) is 3.45. The van der Waals surface area contributed by atoms with E-state index in [1.54, 1.807) is 11.3 Å². The van der Waals surface area contributed by atoms with Crippen LogP contribution in [0.4, 0.5) is 0 Å². The van der Waals surface area contributed by atoms with Crippen LogP contribution in [0.3, 0.4) is 0 Å². The minimum atomic E-state index is -0.247. The average molecular weight is 206 g/mol. The van der Waals surface area contributed by atoms with Crippen LogP contribution in [0.2, 0.25) is 0 Å². The van der Waals surface area contributed by atoms with E-state index in [9.17, 15) is 5.11 Å². The summed E-state index contributed by atoms with van der Waals surface area (Å²) in [7, 11) is 0. The molecule has 0 saturated heterocycles. The molecule has 1 nitrogen and oxygen atoms in total. The quantitative estimate of drug-likeness (QED) is 0.800. The van der Waals surface area contributed by atoms with Crippen molar-refractivity contribution < 1.29 is 5.11 Å². The van der Waals surface area contributed by atoms with E-state index in [0.717, 1.165) is 6.42 Å². The second-order valence-electron chi connectivity index (χ2n) is 3.75. The van der Waals surface area contributed by atoms with Crippen LogP contribution in [0.25, 0.3) is 10.1 Å². The smallest absolute Gasteiger partial charge is 0.0560 e. The molecule has 2 heteroatoms. The average Bonchev–Trinajstić information content (AvgIpc) is 2.47. The molecule has 1 heterocycles. The molecule has 0 aliphatic rings. The van der Waals surface area contributed by atoms with Gasteiger partial charge in [0.25, 0.3) is 0 Å². The molecular formula is C12H14OS. The molecule has 0 aliphatic carbocycles. The second kappa shape index (κ2) is 3.71. The lowest BCUT2D eigenvalue weighted by molar-refractivity contribution is 0.196. The van der Waals surface area contributed by atoms with Crippen molar-refractivity contribution in [2.24, 2.45) is 0 Å². The van der Waals surface area contributed by atoms with E-state index in [-0.39, 0.29) is 6.10 Å². The van der Waals surface area contributed by atoms with Crippen molar-refractivity contribution in [3.63, 3.8) is 0 Å². The summed E-state index contributed by atoms with van der Waals surface area (Å²) in [5.41, 5.74) is 1.32. The maximum absolute atomic E-state index is 9.31. The summed E-state index contributed by atoms with van der Waals surface area (Å²) in [5.74, 6) is 0. The van der Waals surface area contributed by atoms with E-state index in [4.69, 9.17) is 0 Å². The number of aryl methyl sites for hydroxylation is 1. The number of benzene rings is 1. The molecule has 2 rings (SSSR count). The summed E-state index contributed by atoms with van der Waals surface area (Å²) >= 11 is 1.78. The van der Waals surface area contributed by atoms with Crippen LogP contribution in [0.1, 0.15) is 17.4 Å². The van der Waals surface area contributed by atoms with Crippen molar-refractivity contribution in [1.82, 2.24) is 0 Å². The second-order valence-corrected chi connectivity index (χ2v) is 4.92. The van der Waals surface area contributed by atoms with Crippen molar-refractivity contribution in [2.45, 2.75) is 26.4 Å². The molecule has 0 aliphatic heterocycles. The van der Waals surface area contributed by atoms with Crippen molar-refractivity contribution in [1.29, 1.82) is 0 Å². The van der Waals surface area contributed by atoms with E-state index < -0.39 is 0 Å². The molecule has 1 atom stereocenters. The summed E-state index contributed by atoms with van der Waals surface area (Å²) in [5, 5.41) is 10.6. The lowest BCUT2D eigenvalue weighted by Crippen LogP contribution is -2.01. The van der Waals surface area contributed by atoms with Gasteiger partial charge in [0.15, 0.2) is 0 Å². The number of hydrogen-bond acceptors (Lipinski definition) is 2. The normalized spacial score (nSPS) is 13.4.